The van der Waals surface area contributed by atoms with Crippen LogP contribution in [0, 0.1) is 5.41 Å². The summed E-state index contributed by atoms with van der Waals surface area (Å²) in [5, 5.41) is 0. The molecule has 1 aromatic rings. The monoisotopic (exact) mass is 270 g/mol. The summed E-state index contributed by atoms with van der Waals surface area (Å²) in [6.45, 7) is 4.72. The number of halogens is 1. The zero-order valence-corrected chi connectivity index (χ0v) is 10.4. The normalized spacial score (nSPS) is 18.3. The molecule has 1 aromatic carbocycles. The number of ether oxygens (including phenoxy) is 2. The fourth-order valence-electron chi connectivity index (χ4n) is 1.56. The number of benzene rings is 1. The maximum Gasteiger partial charge on any atom is 0.133 e. The summed E-state index contributed by atoms with van der Waals surface area (Å²) in [5.41, 5.74) is 0.335. The number of rotatable bonds is 4. The summed E-state index contributed by atoms with van der Waals surface area (Å²) < 4.78 is 11.9. The minimum atomic E-state index is 0.335. The third-order valence-electron chi connectivity index (χ3n) is 2.70. The van der Waals surface area contributed by atoms with E-state index < -0.39 is 0 Å². The molecule has 0 spiro atoms. The van der Waals surface area contributed by atoms with Crippen molar-refractivity contribution in [2.24, 2.45) is 5.41 Å². The molecule has 0 amide bonds. The Morgan fingerprint density at radius 3 is 2.73 bits per heavy atom. The smallest absolute Gasteiger partial charge is 0.133 e. The lowest BCUT2D eigenvalue weighted by atomic mass is 9.85. The second-order valence-corrected chi connectivity index (χ2v) is 5.19. The van der Waals surface area contributed by atoms with Gasteiger partial charge in [0.2, 0.25) is 0 Å². The number of hydrogen-bond donors (Lipinski definition) is 0. The van der Waals surface area contributed by atoms with Crippen LogP contribution in [0.4, 0.5) is 0 Å². The first kappa shape index (κ1) is 11.0. The molecule has 0 atom stereocenters. The third-order valence-corrected chi connectivity index (χ3v) is 3.36. The molecule has 0 radical (unpaired) electrons. The van der Waals surface area contributed by atoms with Gasteiger partial charge in [-0.05, 0) is 34.5 Å². The average Bonchev–Trinajstić information content (AvgIpc) is 2.18. The van der Waals surface area contributed by atoms with Crippen molar-refractivity contribution >= 4 is 15.9 Å². The van der Waals surface area contributed by atoms with Crippen LogP contribution in [-0.2, 0) is 4.74 Å². The number of hydrogen-bond acceptors (Lipinski definition) is 2. The second-order valence-electron chi connectivity index (χ2n) is 4.33. The average molecular weight is 271 g/mol. The van der Waals surface area contributed by atoms with Crippen molar-refractivity contribution in [1.29, 1.82) is 0 Å². The highest BCUT2D eigenvalue weighted by atomic mass is 79.9. The highest BCUT2D eigenvalue weighted by Gasteiger charge is 2.32. The third kappa shape index (κ3) is 2.73. The van der Waals surface area contributed by atoms with Gasteiger partial charge >= 0.3 is 0 Å². The standard InChI is InChI=1S/C12H15BrO2/c1-12(8-14-9-12)6-7-15-11-5-3-2-4-10(11)13/h2-5H,6-9H2,1H3. The van der Waals surface area contributed by atoms with Crippen molar-refractivity contribution in [3.8, 4) is 5.75 Å². The quantitative estimate of drug-likeness (QED) is 0.836. The van der Waals surface area contributed by atoms with Crippen molar-refractivity contribution in [3.63, 3.8) is 0 Å². The maximum absolute atomic E-state index is 5.71. The predicted molar refractivity (Wildman–Crippen MR) is 63.2 cm³/mol. The van der Waals surface area contributed by atoms with E-state index in [1.807, 2.05) is 24.3 Å². The van der Waals surface area contributed by atoms with Gasteiger partial charge in [0.05, 0.1) is 24.3 Å². The molecule has 1 aliphatic heterocycles. The zero-order chi connectivity index (χ0) is 10.7. The second kappa shape index (κ2) is 4.54. The van der Waals surface area contributed by atoms with Crippen LogP contribution >= 0.6 is 15.9 Å². The zero-order valence-electron chi connectivity index (χ0n) is 8.83. The van der Waals surface area contributed by atoms with Gasteiger partial charge in [0.1, 0.15) is 5.75 Å². The fourth-order valence-corrected chi connectivity index (χ4v) is 1.96. The molecule has 1 fully saturated rings. The van der Waals surface area contributed by atoms with Crippen molar-refractivity contribution in [3.05, 3.63) is 28.7 Å². The Balaban J connectivity index is 1.81. The summed E-state index contributed by atoms with van der Waals surface area (Å²) in [4.78, 5) is 0. The Morgan fingerprint density at radius 2 is 2.13 bits per heavy atom. The lowest BCUT2D eigenvalue weighted by molar-refractivity contribution is -0.109. The minimum Gasteiger partial charge on any atom is -0.492 e. The van der Waals surface area contributed by atoms with E-state index in [2.05, 4.69) is 22.9 Å². The molecule has 82 valence electrons. The first-order valence-electron chi connectivity index (χ1n) is 5.15. The molecule has 15 heavy (non-hydrogen) atoms. The van der Waals surface area contributed by atoms with Gasteiger partial charge in [0, 0.05) is 5.41 Å². The van der Waals surface area contributed by atoms with Crippen LogP contribution < -0.4 is 4.74 Å². The Morgan fingerprint density at radius 1 is 1.40 bits per heavy atom. The SMILES string of the molecule is CC1(CCOc2ccccc2Br)COC1. The first-order valence-corrected chi connectivity index (χ1v) is 5.94. The molecule has 0 aliphatic carbocycles. The molecule has 2 rings (SSSR count). The Kier molecular flexibility index (Phi) is 3.32. The van der Waals surface area contributed by atoms with E-state index in [1.165, 1.54) is 0 Å². The van der Waals surface area contributed by atoms with Gasteiger partial charge in [-0.2, -0.15) is 0 Å². The highest BCUT2D eigenvalue weighted by molar-refractivity contribution is 9.10. The Bertz CT molecular complexity index is 334. The van der Waals surface area contributed by atoms with Crippen molar-refractivity contribution < 1.29 is 9.47 Å². The minimum absolute atomic E-state index is 0.335. The topological polar surface area (TPSA) is 18.5 Å². The summed E-state index contributed by atoms with van der Waals surface area (Å²) in [7, 11) is 0. The van der Waals surface area contributed by atoms with Crippen molar-refractivity contribution in [2.45, 2.75) is 13.3 Å². The largest absolute Gasteiger partial charge is 0.492 e. The molecule has 0 N–H and O–H groups in total. The van der Waals surface area contributed by atoms with Gasteiger partial charge < -0.3 is 9.47 Å². The van der Waals surface area contributed by atoms with E-state index in [1.54, 1.807) is 0 Å². The maximum atomic E-state index is 5.71. The Hall–Kier alpha value is -0.540. The molecule has 1 heterocycles. The highest BCUT2D eigenvalue weighted by Crippen LogP contribution is 2.31. The van der Waals surface area contributed by atoms with Crippen molar-refractivity contribution in [1.82, 2.24) is 0 Å². The van der Waals surface area contributed by atoms with E-state index in [-0.39, 0.29) is 0 Å². The summed E-state index contributed by atoms with van der Waals surface area (Å²) in [6, 6.07) is 7.93. The van der Waals surface area contributed by atoms with Gasteiger partial charge in [-0.25, -0.2) is 0 Å². The lowest BCUT2D eigenvalue weighted by Crippen LogP contribution is -2.40. The molecule has 1 aliphatic rings. The predicted octanol–water partition coefficient (Wildman–Crippen LogP) is 3.25. The van der Waals surface area contributed by atoms with Gasteiger partial charge in [-0.15, -0.1) is 0 Å². The summed E-state index contributed by atoms with van der Waals surface area (Å²) in [6.07, 6.45) is 1.05. The molecule has 2 nitrogen and oxygen atoms in total. The molecule has 0 unspecified atom stereocenters. The van der Waals surface area contributed by atoms with Crippen LogP contribution in [0.2, 0.25) is 0 Å². The fraction of sp³-hybridized carbons (Fsp3) is 0.500. The van der Waals surface area contributed by atoms with E-state index in [0.717, 1.165) is 36.5 Å². The molecule has 1 saturated heterocycles. The van der Waals surface area contributed by atoms with Crippen LogP contribution in [0.1, 0.15) is 13.3 Å². The molecule has 0 bridgehead atoms. The van der Waals surface area contributed by atoms with Crippen LogP contribution in [0.25, 0.3) is 0 Å². The van der Waals surface area contributed by atoms with E-state index in [0.29, 0.717) is 5.41 Å². The Labute approximate surface area is 98.7 Å². The van der Waals surface area contributed by atoms with E-state index in [9.17, 15) is 0 Å². The van der Waals surface area contributed by atoms with Crippen molar-refractivity contribution in [2.75, 3.05) is 19.8 Å². The first-order chi connectivity index (χ1) is 7.20. The molecular formula is C12H15BrO2. The molecule has 0 aromatic heterocycles. The lowest BCUT2D eigenvalue weighted by Gasteiger charge is -2.37. The van der Waals surface area contributed by atoms with Gasteiger partial charge in [-0.1, -0.05) is 19.1 Å². The summed E-state index contributed by atoms with van der Waals surface area (Å²) in [5.74, 6) is 0.918. The van der Waals surface area contributed by atoms with Crippen LogP contribution in [-0.4, -0.2) is 19.8 Å². The molecular weight excluding hydrogens is 256 g/mol. The van der Waals surface area contributed by atoms with Crippen LogP contribution in [0.5, 0.6) is 5.75 Å². The van der Waals surface area contributed by atoms with Gasteiger partial charge in [0.15, 0.2) is 0 Å². The molecule has 3 heteroatoms. The van der Waals surface area contributed by atoms with Crippen LogP contribution in [0.3, 0.4) is 0 Å². The van der Waals surface area contributed by atoms with E-state index in [4.69, 9.17) is 9.47 Å². The van der Waals surface area contributed by atoms with Gasteiger partial charge in [-0.3, -0.25) is 0 Å². The molecule has 0 saturated carbocycles. The summed E-state index contributed by atoms with van der Waals surface area (Å²) >= 11 is 3.46. The van der Waals surface area contributed by atoms with E-state index >= 15 is 0 Å². The number of para-hydroxylation sites is 1. The van der Waals surface area contributed by atoms with Crippen LogP contribution in [0.15, 0.2) is 28.7 Å². The van der Waals surface area contributed by atoms with Gasteiger partial charge in [0.25, 0.3) is 0 Å².